The van der Waals surface area contributed by atoms with Crippen molar-refractivity contribution in [2.75, 3.05) is 18.1 Å². The van der Waals surface area contributed by atoms with Gasteiger partial charge >= 0.3 is 0 Å². The summed E-state index contributed by atoms with van der Waals surface area (Å²) in [6.07, 6.45) is 4.21. The fraction of sp³-hybridized carbons (Fsp3) is 0.400. The van der Waals surface area contributed by atoms with Gasteiger partial charge in [-0.2, -0.15) is 5.10 Å². The van der Waals surface area contributed by atoms with Gasteiger partial charge in [0, 0.05) is 12.7 Å². The maximum absolute atomic E-state index is 12.1. The highest BCUT2D eigenvalue weighted by molar-refractivity contribution is 7.95. The number of para-hydroxylation sites is 1. The molecule has 1 fully saturated rings. The lowest BCUT2D eigenvalue weighted by Gasteiger charge is -2.10. The molecule has 9 heteroatoms. The zero-order valence-electron chi connectivity index (χ0n) is 13.0. The topological polar surface area (TPSA) is 98.1 Å². The maximum Gasteiger partial charge on any atom is 0.215 e. The first-order chi connectivity index (χ1) is 11.4. The number of nitrogens with zero attached hydrogens (tertiary/aromatic N) is 2. The van der Waals surface area contributed by atoms with Crippen molar-refractivity contribution < 1.29 is 16.8 Å². The molecule has 1 N–H and O–H groups in total. The molecule has 1 unspecified atom stereocenters. The fourth-order valence-corrected chi connectivity index (χ4v) is 6.75. The Morgan fingerprint density at radius 3 is 2.67 bits per heavy atom. The molecule has 0 spiro atoms. The lowest BCUT2D eigenvalue weighted by atomic mass is 10.2. The normalized spacial score (nSPS) is 20.2. The van der Waals surface area contributed by atoms with E-state index in [9.17, 15) is 16.8 Å². The largest absolute Gasteiger partial charge is 0.241 e. The molecule has 1 aliphatic heterocycles. The molecule has 0 radical (unpaired) electrons. The average molecular weight is 369 g/mol. The van der Waals surface area contributed by atoms with Crippen LogP contribution in [0.2, 0.25) is 0 Å². The summed E-state index contributed by atoms with van der Waals surface area (Å²) in [5.74, 6) is -0.337. The van der Waals surface area contributed by atoms with Crippen molar-refractivity contribution in [3.8, 4) is 5.69 Å². The van der Waals surface area contributed by atoms with E-state index >= 15 is 0 Å². The molecule has 3 rings (SSSR count). The third-order valence-electron chi connectivity index (χ3n) is 4.00. The van der Waals surface area contributed by atoms with Crippen LogP contribution in [0.25, 0.3) is 5.69 Å². The van der Waals surface area contributed by atoms with E-state index in [0.717, 1.165) is 11.3 Å². The highest BCUT2D eigenvalue weighted by atomic mass is 32.2. The molecule has 0 amide bonds. The first-order valence-corrected chi connectivity index (χ1v) is 11.0. The van der Waals surface area contributed by atoms with E-state index in [1.54, 1.807) is 10.9 Å². The molecular formula is C15H19N3O4S2. The van der Waals surface area contributed by atoms with E-state index in [0.29, 0.717) is 6.42 Å². The predicted octanol–water partition coefficient (Wildman–Crippen LogP) is 0.521. The molecule has 2 aromatic rings. The first-order valence-electron chi connectivity index (χ1n) is 7.64. The molecule has 0 saturated carbocycles. The number of rotatable bonds is 6. The lowest BCUT2D eigenvalue weighted by Crippen LogP contribution is -2.36. The van der Waals surface area contributed by atoms with Gasteiger partial charge in [-0.25, -0.2) is 26.2 Å². The smallest absolute Gasteiger partial charge is 0.215 e. The predicted molar refractivity (Wildman–Crippen MR) is 91.2 cm³/mol. The summed E-state index contributed by atoms with van der Waals surface area (Å²) in [4.78, 5) is 0. The Morgan fingerprint density at radius 1 is 1.25 bits per heavy atom. The number of sulfone groups is 1. The molecule has 7 nitrogen and oxygen atoms in total. The van der Waals surface area contributed by atoms with Gasteiger partial charge in [0.05, 0.1) is 28.6 Å². The van der Waals surface area contributed by atoms with Crippen LogP contribution < -0.4 is 4.72 Å². The van der Waals surface area contributed by atoms with Gasteiger partial charge < -0.3 is 0 Å². The zero-order chi connectivity index (χ0) is 17.2. The molecule has 1 saturated heterocycles. The van der Waals surface area contributed by atoms with Crippen LogP contribution in [0.5, 0.6) is 0 Å². The minimum atomic E-state index is -3.60. The monoisotopic (exact) mass is 369 g/mol. The maximum atomic E-state index is 12.1. The van der Waals surface area contributed by atoms with E-state index in [-0.39, 0.29) is 24.5 Å². The molecule has 0 bridgehead atoms. The summed E-state index contributed by atoms with van der Waals surface area (Å²) in [5, 5.41) is 3.42. The second kappa shape index (κ2) is 6.66. The minimum Gasteiger partial charge on any atom is -0.241 e. The first kappa shape index (κ1) is 17.1. The van der Waals surface area contributed by atoms with Gasteiger partial charge in [0.25, 0.3) is 0 Å². The molecule has 2 heterocycles. The lowest BCUT2D eigenvalue weighted by molar-refractivity contribution is 0.568. The Bertz CT molecular complexity index is 905. The Labute approximate surface area is 141 Å². The molecule has 130 valence electrons. The van der Waals surface area contributed by atoms with E-state index in [4.69, 9.17) is 0 Å². The molecule has 1 aliphatic rings. The summed E-state index contributed by atoms with van der Waals surface area (Å²) < 4.78 is 51.4. The highest BCUT2D eigenvalue weighted by Gasteiger charge is 2.36. The number of hydrogen-bond donors (Lipinski definition) is 1. The summed E-state index contributed by atoms with van der Waals surface area (Å²) in [6.45, 7) is 0.222. The van der Waals surface area contributed by atoms with Gasteiger partial charge in [0.15, 0.2) is 9.84 Å². The van der Waals surface area contributed by atoms with Crippen LogP contribution in [-0.4, -0.2) is 49.9 Å². The third-order valence-corrected chi connectivity index (χ3v) is 7.87. The van der Waals surface area contributed by atoms with Gasteiger partial charge in [-0.3, -0.25) is 0 Å². The second-order valence-corrected chi connectivity index (χ2v) is 10.1. The SMILES string of the molecule is O=S1(=O)CCC(S(=O)(=O)NCCc2cnn(-c3ccccc3)c2)C1. The van der Waals surface area contributed by atoms with E-state index in [2.05, 4.69) is 9.82 Å². The van der Waals surface area contributed by atoms with Crippen LogP contribution >= 0.6 is 0 Å². The molecule has 1 aromatic carbocycles. The summed E-state index contributed by atoms with van der Waals surface area (Å²) in [5.41, 5.74) is 1.83. The van der Waals surface area contributed by atoms with Gasteiger partial charge in [-0.15, -0.1) is 0 Å². The van der Waals surface area contributed by atoms with Crippen molar-refractivity contribution in [2.45, 2.75) is 18.1 Å². The fourth-order valence-electron chi connectivity index (χ4n) is 2.67. The zero-order valence-corrected chi connectivity index (χ0v) is 14.6. The van der Waals surface area contributed by atoms with Gasteiger partial charge in [0.2, 0.25) is 10.0 Å². The molecule has 1 atom stereocenters. The molecule has 24 heavy (non-hydrogen) atoms. The number of hydrogen-bond acceptors (Lipinski definition) is 5. The number of benzene rings is 1. The van der Waals surface area contributed by atoms with Crippen LogP contribution in [0.3, 0.4) is 0 Å². The minimum absolute atomic E-state index is 0.0532. The number of nitrogens with one attached hydrogen (secondary N) is 1. The second-order valence-electron chi connectivity index (χ2n) is 5.84. The van der Waals surface area contributed by atoms with Crippen LogP contribution in [0.4, 0.5) is 0 Å². The van der Waals surface area contributed by atoms with Crippen molar-refractivity contribution >= 4 is 19.9 Å². The van der Waals surface area contributed by atoms with Crippen LogP contribution in [-0.2, 0) is 26.3 Å². The molecule has 1 aromatic heterocycles. The Morgan fingerprint density at radius 2 is 2.00 bits per heavy atom. The summed E-state index contributed by atoms with van der Waals surface area (Å²) >= 11 is 0. The Balaban J connectivity index is 1.56. The number of sulfonamides is 1. The molecule has 0 aliphatic carbocycles. The Kier molecular flexibility index (Phi) is 4.75. The molecular weight excluding hydrogens is 350 g/mol. The van der Waals surface area contributed by atoms with Crippen molar-refractivity contribution in [3.05, 3.63) is 48.3 Å². The van der Waals surface area contributed by atoms with Crippen LogP contribution in [0.15, 0.2) is 42.7 Å². The van der Waals surface area contributed by atoms with Crippen molar-refractivity contribution in [3.63, 3.8) is 0 Å². The van der Waals surface area contributed by atoms with Crippen molar-refractivity contribution in [1.82, 2.24) is 14.5 Å². The summed E-state index contributed by atoms with van der Waals surface area (Å²) in [6, 6.07) is 9.62. The average Bonchev–Trinajstić information content (AvgIpc) is 3.15. The van der Waals surface area contributed by atoms with Gasteiger partial charge in [-0.1, -0.05) is 18.2 Å². The Hall–Kier alpha value is -1.71. The van der Waals surface area contributed by atoms with Crippen molar-refractivity contribution in [2.24, 2.45) is 0 Å². The van der Waals surface area contributed by atoms with E-state index in [1.165, 1.54) is 0 Å². The van der Waals surface area contributed by atoms with Crippen molar-refractivity contribution in [1.29, 1.82) is 0 Å². The highest BCUT2D eigenvalue weighted by Crippen LogP contribution is 2.18. The standard InChI is InChI=1S/C15H19N3O4S2/c19-23(20)9-7-15(12-23)24(21,22)17-8-6-13-10-16-18(11-13)14-4-2-1-3-5-14/h1-5,10-11,15,17H,6-9,12H2. The summed E-state index contributed by atoms with van der Waals surface area (Å²) in [7, 11) is -6.82. The number of aromatic nitrogens is 2. The third kappa shape index (κ3) is 4.03. The van der Waals surface area contributed by atoms with Gasteiger partial charge in [0.1, 0.15) is 0 Å². The van der Waals surface area contributed by atoms with E-state index in [1.807, 2.05) is 36.5 Å². The van der Waals surface area contributed by atoms with Crippen LogP contribution in [0.1, 0.15) is 12.0 Å². The van der Waals surface area contributed by atoms with Gasteiger partial charge in [-0.05, 0) is 30.5 Å². The van der Waals surface area contributed by atoms with E-state index < -0.39 is 25.1 Å². The van der Waals surface area contributed by atoms with Crippen LogP contribution in [0, 0.1) is 0 Å². The quantitative estimate of drug-likeness (QED) is 0.800.